The highest BCUT2D eigenvalue weighted by Gasteiger charge is 2.12. The van der Waals surface area contributed by atoms with Crippen LogP contribution < -0.4 is 5.32 Å². The van der Waals surface area contributed by atoms with Crippen molar-refractivity contribution in [2.45, 2.75) is 33.4 Å². The number of rotatable bonds is 4. The van der Waals surface area contributed by atoms with Crippen molar-refractivity contribution in [2.75, 3.05) is 0 Å². The van der Waals surface area contributed by atoms with Gasteiger partial charge < -0.3 is 9.73 Å². The van der Waals surface area contributed by atoms with Crippen molar-refractivity contribution in [1.29, 1.82) is 0 Å². The van der Waals surface area contributed by atoms with Gasteiger partial charge in [-0.15, -0.1) is 11.3 Å². The summed E-state index contributed by atoms with van der Waals surface area (Å²) in [6.45, 7) is 7.06. The molecular weight excluding hydrogens is 298 g/mol. The summed E-state index contributed by atoms with van der Waals surface area (Å²) >= 11 is 5.23. The third-order valence-electron chi connectivity index (χ3n) is 2.75. The van der Waals surface area contributed by atoms with Crippen molar-refractivity contribution in [3.05, 3.63) is 43.9 Å². The SMILES string of the molecule is Cc1cc(C(C)NCc2cc(Br)cs2)c(C)o1. The lowest BCUT2D eigenvalue weighted by atomic mass is 10.1. The van der Waals surface area contributed by atoms with Crippen molar-refractivity contribution in [3.8, 4) is 0 Å². The summed E-state index contributed by atoms with van der Waals surface area (Å²) < 4.78 is 6.70. The Morgan fingerprint density at radius 1 is 1.41 bits per heavy atom. The van der Waals surface area contributed by atoms with Gasteiger partial charge in [0.15, 0.2) is 0 Å². The topological polar surface area (TPSA) is 25.2 Å². The lowest BCUT2D eigenvalue weighted by Crippen LogP contribution is -2.17. The molecule has 2 aromatic rings. The molecule has 0 aliphatic carbocycles. The minimum Gasteiger partial charge on any atom is -0.466 e. The predicted molar refractivity (Wildman–Crippen MR) is 75.5 cm³/mol. The molecule has 0 bridgehead atoms. The van der Waals surface area contributed by atoms with E-state index in [9.17, 15) is 0 Å². The Labute approximate surface area is 114 Å². The Hall–Kier alpha value is -0.580. The summed E-state index contributed by atoms with van der Waals surface area (Å²) in [6, 6.07) is 4.57. The van der Waals surface area contributed by atoms with E-state index in [-0.39, 0.29) is 0 Å². The van der Waals surface area contributed by atoms with Crippen molar-refractivity contribution >= 4 is 27.3 Å². The van der Waals surface area contributed by atoms with Crippen LogP contribution in [0.15, 0.2) is 26.4 Å². The van der Waals surface area contributed by atoms with E-state index in [0.717, 1.165) is 22.5 Å². The van der Waals surface area contributed by atoms with Gasteiger partial charge in [0, 0.05) is 32.9 Å². The normalized spacial score (nSPS) is 12.9. The highest BCUT2D eigenvalue weighted by Crippen LogP contribution is 2.23. The Morgan fingerprint density at radius 2 is 2.18 bits per heavy atom. The standard InChI is InChI=1S/C13H16BrNOS/c1-8-4-13(10(3)16-8)9(2)15-6-12-5-11(14)7-17-12/h4-5,7,9,15H,6H2,1-3H3. The van der Waals surface area contributed by atoms with Gasteiger partial charge in [-0.05, 0) is 48.8 Å². The molecule has 0 spiro atoms. The maximum atomic E-state index is 5.55. The van der Waals surface area contributed by atoms with Crippen LogP contribution >= 0.6 is 27.3 Å². The van der Waals surface area contributed by atoms with Crippen LogP contribution in [0, 0.1) is 13.8 Å². The van der Waals surface area contributed by atoms with Gasteiger partial charge in [-0.3, -0.25) is 0 Å². The zero-order valence-corrected chi connectivity index (χ0v) is 12.6. The highest BCUT2D eigenvalue weighted by molar-refractivity contribution is 9.10. The number of halogens is 1. The Balaban J connectivity index is 1.97. The monoisotopic (exact) mass is 313 g/mol. The number of furan rings is 1. The van der Waals surface area contributed by atoms with Gasteiger partial charge in [0.25, 0.3) is 0 Å². The van der Waals surface area contributed by atoms with Crippen LogP contribution in [0.2, 0.25) is 0 Å². The van der Waals surface area contributed by atoms with E-state index in [2.05, 4.69) is 45.7 Å². The second-order valence-corrected chi connectivity index (χ2v) is 6.11. The van der Waals surface area contributed by atoms with E-state index in [1.54, 1.807) is 11.3 Å². The van der Waals surface area contributed by atoms with Gasteiger partial charge in [-0.25, -0.2) is 0 Å². The van der Waals surface area contributed by atoms with Gasteiger partial charge in [0.1, 0.15) is 11.5 Å². The molecule has 92 valence electrons. The molecule has 0 aromatic carbocycles. The minimum atomic E-state index is 0.313. The molecule has 2 aromatic heterocycles. The van der Waals surface area contributed by atoms with Crippen LogP contribution in [0.5, 0.6) is 0 Å². The predicted octanol–water partition coefficient (Wildman–Crippen LogP) is 4.57. The van der Waals surface area contributed by atoms with Gasteiger partial charge in [0.2, 0.25) is 0 Å². The Morgan fingerprint density at radius 3 is 2.71 bits per heavy atom. The molecule has 1 atom stereocenters. The van der Waals surface area contributed by atoms with Crippen LogP contribution in [-0.4, -0.2) is 0 Å². The van der Waals surface area contributed by atoms with Crippen LogP contribution in [0.1, 0.15) is 34.9 Å². The van der Waals surface area contributed by atoms with E-state index in [0.29, 0.717) is 6.04 Å². The fourth-order valence-corrected chi connectivity index (χ4v) is 3.29. The fourth-order valence-electron chi connectivity index (χ4n) is 1.89. The minimum absolute atomic E-state index is 0.313. The smallest absolute Gasteiger partial charge is 0.105 e. The van der Waals surface area contributed by atoms with Crippen LogP contribution in [0.4, 0.5) is 0 Å². The molecule has 0 aliphatic rings. The molecule has 17 heavy (non-hydrogen) atoms. The van der Waals surface area contributed by atoms with Crippen LogP contribution in [-0.2, 0) is 6.54 Å². The molecule has 0 fully saturated rings. The lowest BCUT2D eigenvalue weighted by molar-refractivity contribution is 0.490. The van der Waals surface area contributed by atoms with Crippen molar-refractivity contribution in [3.63, 3.8) is 0 Å². The molecule has 0 amide bonds. The lowest BCUT2D eigenvalue weighted by Gasteiger charge is -2.12. The molecule has 0 aliphatic heterocycles. The van der Waals surface area contributed by atoms with Crippen LogP contribution in [0.3, 0.4) is 0 Å². The second kappa shape index (κ2) is 5.38. The molecule has 0 saturated heterocycles. The maximum Gasteiger partial charge on any atom is 0.105 e. The van der Waals surface area contributed by atoms with Crippen molar-refractivity contribution < 1.29 is 4.42 Å². The van der Waals surface area contributed by atoms with Crippen molar-refractivity contribution in [1.82, 2.24) is 5.32 Å². The number of thiophene rings is 1. The number of nitrogens with one attached hydrogen (secondary N) is 1. The van der Waals surface area contributed by atoms with Crippen molar-refractivity contribution in [2.24, 2.45) is 0 Å². The first kappa shape index (κ1) is 12.9. The molecule has 1 unspecified atom stereocenters. The summed E-state index contributed by atoms with van der Waals surface area (Å²) in [6.07, 6.45) is 0. The zero-order chi connectivity index (χ0) is 12.4. The third kappa shape index (κ3) is 3.21. The number of aryl methyl sites for hydroxylation is 2. The van der Waals surface area contributed by atoms with E-state index in [4.69, 9.17) is 4.42 Å². The van der Waals surface area contributed by atoms with E-state index < -0.39 is 0 Å². The van der Waals surface area contributed by atoms with E-state index in [1.807, 2.05) is 13.8 Å². The fraction of sp³-hybridized carbons (Fsp3) is 0.385. The average molecular weight is 314 g/mol. The molecule has 2 rings (SSSR count). The summed E-state index contributed by atoms with van der Waals surface area (Å²) in [5, 5.41) is 5.62. The average Bonchev–Trinajstić information content (AvgIpc) is 2.81. The second-order valence-electron chi connectivity index (χ2n) is 4.20. The first-order valence-electron chi connectivity index (χ1n) is 5.59. The first-order valence-corrected chi connectivity index (χ1v) is 7.26. The van der Waals surface area contributed by atoms with E-state index in [1.165, 1.54) is 10.4 Å². The Kier molecular flexibility index (Phi) is 4.07. The third-order valence-corrected chi connectivity index (χ3v) is 4.45. The largest absolute Gasteiger partial charge is 0.466 e. The zero-order valence-electron chi connectivity index (χ0n) is 10.2. The van der Waals surface area contributed by atoms with Crippen LogP contribution in [0.25, 0.3) is 0 Å². The molecule has 2 nitrogen and oxygen atoms in total. The summed E-state index contributed by atoms with van der Waals surface area (Å²) in [5.74, 6) is 1.99. The Bertz CT molecular complexity index is 503. The summed E-state index contributed by atoms with van der Waals surface area (Å²) in [7, 11) is 0. The maximum absolute atomic E-state index is 5.55. The van der Waals surface area contributed by atoms with Gasteiger partial charge in [0.05, 0.1) is 0 Å². The molecule has 2 heterocycles. The molecule has 1 N–H and O–H groups in total. The highest BCUT2D eigenvalue weighted by atomic mass is 79.9. The summed E-state index contributed by atoms with van der Waals surface area (Å²) in [5.41, 5.74) is 1.25. The van der Waals surface area contributed by atoms with Gasteiger partial charge in [-0.1, -0.05) is 0 Å². The molecule has 0 radical (unpaired) electrons. The molecule has 4 heteroatoms. The van der Waals surface area contributed by atoms with Gasteiger partial charge >= 0.3 is 0 Å². The quantitative estimate of drug-likeness (QED) is 0.894. The summed E-state index contributed by atoms with van der Waals surface area (Å²) in [4.78, 5) is 1.33. The first-order chi connectivity index (χ1) is 8.06. The van der Waals surface area contributed by atoms with E-state index >= 15 is 0 Å². The number of hydrogen-bond donors (Lipinski definition) is 1. The number of hydrogen-bond acceptors (Lipinski definition) is 3. The van der Waals surface area contributed by atoms with Gasteiger partial charge in [-0.2, -0.15) is 0 Å². The molecular formula is C13H16BrNOS. The molecule has 0 saturated carbocycles.